The monoisotopic (exact) mass is 342 g/mol. The first kappa shape index (κ1) is 18.0. The molecule has 1 saturated carbocycles. The van der Waals surface area contributed by atoms with Crippen molar-refractivity contribution in [3.8, 4) is 0 Å². The molecule has 5 nitrogen and oxygen atoms in total. The van der Waals surface area contributed by atoms with Gasteiger partial charge in [0.05, 0.1) is 18.4 Å². The van der Waals surface area contributed by atoms with Crippen LogP contribution >= 0.6 is 0 Å². The van der Waals surface area contributed by atoms with E-state index >= 15 is 0 Å². The van der Waals surface area contributed by atoms with Crippen molar-refractivity contribution in [2.24, 2.45) is 0 Å². The molecule has 0 aromatic heterocycles. The maximum atomic E-state index is 7.15. The minimum atomic E-state index is 0.444. The van der Waals surface area contributed by atoms with Crippen molar-refractivity contribution in [1.29, 1.82) is 0 Å². The van der Waals surface area contributed by atoms with E-state index in [0.717, 1.165) is 50.0 Å². The molecule has 2 aliphatic rings. The lowest BCUT2D eigenvalue weighted by Gasteiger charge is -2.41. The van der Waals surface area contributed by atoms with E-state index in [1.165, 1.54) is 25.7 Å². The van der Waals surface area contributed by atoms with Crippen LogP contribution < -0.4 is 11.1 Å². The molecule has 1 aromatic rings. The van der Waals surface area contributed by atoms with Crippen LogP contribution in [0.3, 0.4) is 0 Å². The number of hydrogen-bond donors (Lipinski definition) is 2. The fourth-order valence-corrected chi connectivity index (χ4v) is 4.18. The van der Waals surface area contributed by atoms with Crippen LogP contribution in [0.5, 0.6) is 0 Å². The van der Waals surface area contributed by atoms with Gasteiger partial charge in [0.1, 0.15) is 0 Å². The number of benzene rings is 1. The Morgan fingerprint density at radius 2 is 1.92 bits per heavy atom. The minimum Gasteiger partial charge on any atom is -0.397 e. The maximum Gasteiger partial charge on any atom is 0.189 e. The van der Waals surface area contributed by atoms with Gasteiger partial charge in [0, 0.05) is 37.5 Å². The zero-order chi connectivity index (χ0) is 17.6. The molecule has 3 rings (SSSR count). The second-order valence-corrected chi connectivity index (χ2v) is 7.22. The van der Waals surface area contributed by atoms with Crippen molar-refractivity contribution < 1.29 is 4.74 Å². The van der Waals surface area contributed by atoms with Gasteiger partial charge >= 0.3 is 0 Å². The summed E-state index contributed by atoms with van der Waals surface area (Å²) in [5.41, 5.74) is 8.33. The lowest BCUT2D eigenvalue weighted by atomic mass is 9.90. The Morgan fingerprint density at radius 1 is 1.20 bits per heavy atom. The summed E-state index contributed by atoms with van der Waals surface area (Å²) < 4.78 is 5.77. The van der Waals surface area contributed by atoms with Gasteiger partial charge in [-0.3, -0.25) is 0 Å². The Bertz CT molecular complexity index is 596. The maximum absolute atomic E-state index is 7.15. The summed E-state index contributed by atoms with van der Waals surface area (Å²) in [7, 11) is 0. The Kier molecular flexibility index (Phi) is 6.17. The highest BCUT2D eigenvalue weighted by Crippen LogP contribution is 2.30. The molecule has 1 heterocycles. The van der Waals surface area contributed by atoms with Gasteiger partial charge in [0.25, 0.3) is 0 Å². The fraction of sp³-hybridized carbons (Fsp3) is 0.650. The lowest BCUT2D eigenvalue weighted by molar-refractivity contribution is 0.00994. The number of nitrogens with two attached hydrogens (primary N) is 1. The summed E-state index contributed by atoms with van der Waals surface area (Å²) >= 11 is 0. The van der Waals surface area contributed by atoms with Crippen molar-refractivity contribution in [2.75, 3.05) is 30.7 Å². The van der Waals surface area contributed by atoms with Crippen LogP contribution in [0.4, 0.5) is 17.1 Å². The molecule has 1 aliphatic heterocycles. The molecule has 25 heavy (non-hydrogen) atoms. The average molecular weight is 342 g/mol. The Morgan fingerprint density at radius 3 is 2.56 bits per heavy atom. The van der Waals surface area contributed by atoms with Gasteiger partial charge in [-0.15, -0.1) is 0 Å². The standard InChI is InChI=1S/C20H30N4O/c1-3-25-18-7-5-17(6-8-18)24-12-10-15(11-13-24)23-20-14-16(22-2)4-9-19(20)21/h4,9,14-15,17-18,23H,3,5-8,10-13,21H2,1H3/t17-,18-. The number of rotatable bonds is 5. The van der Waals surface area contributed by atoms with E-state index in [-0.39, 0.29) is 0 Å². The normalized spacial score (nSPS) is 25.4. The molecule has 0 radical (unpaired) electrons. The van der Waals surface area contributed by atoms with Gasteiger partial charge in [-0.05, 0) is 57.6 Å². The Labute approximate surface area is 151 Å². The molecule has 136 valence electrons. The smallest absolute Gasteiger partial charge is 0.189 e. The van der Waals surface area contributed by atoms with Crippen LogP contribution in [-0.4, -0.2) is 42.8 Å². The highest BCUT2D eigenvalue weighted by Gasteiger charge is 2.29. The van der Waals surface area contributed by atoms with Crippen molar-refractivity contribution in [1.82, 2.24) is 4.90 Å². The summed E-state index contributed by atoms with van der Waals surface area (Å²) in [6, 6.07) is 6.63. The number of nitrogen functional groups attached to an aromatic ring is 1. The third-order valence-corrected chi connectivity index (χ3v) is 5.62. The molecule has 1 saturated heterocycles. The number of anilines is 2. The van der Waals surface area contributed by atoms with Gasteiger partial charge in [-0.2, -0.15) is 0 Å². The quantitative estimate of drug-likeness (QED) is 0.626. The second-order valence-electron chi connectivity index (χ2n) is 7.22. The number of piperidine rings is 1. The van der Waals surface area contributed by atoms with E-state index in [9.17, 15) is 0 Å². The predicted molar refractivity (Wildman–Crippen MR) is 103 cm³/mol. The first-order chi connectivity index (χ1) is 12.2. The van der Waals surface area contributed by atoms with Crippen LogP contribution in [0.2, 0.25) is 0 Å². The Balaban J connectivity index is 1.47. The van der Waals surface area contributed by atoms with Crippen molar-refractivity contribution in [2.45, 2.75) is 63.6 Å². The van der Waals surface area contributed by atoms with Gasteiger partial charge in [-0.25, -0.2) is 4.85 Å². The number of hydrogen-bond acceptors (Lipinski definition) is 4. The number of ether oxygens (including phenoxy) is 1. The topological polar surface area (TPSA) is 54.9 Å². The van der Waals surface area contributed by atoms with Crippen molar-refractivity contribution in [3.05, 3.63) is 29.6 Å². The van der Waals surface area contributed by atoms with Crippen LogP contribution in [0.25, 0.3) is 4.85 Å². The molecule has 0 atom stereocenters. The summed E-state index contributed by atoms with van der Waals surface area (Å²) in [5, 5.41) is 3.56. The first-order valence-corrected chi connectivity index (χ1v) is 9.58. The highest BCUT2D eigenvalue weighted by molar-refractivity contribution is 5.72. The van der Waals surface area contributed by atoms with Crippen LogP contribution in [0.15, 0.2) is 18.2 Å². The molecular formula is C20H30N4O. The summed E-state index contributed by atoms with van der Waals surface area (Å²) in [6.07, 6.45) is 7.69. The molecule has 0 unspecified atom stereocenters. The molecular weight excluding hydrogens is 312 g/mol. The molecule has 0 spiro atoms. The number of nitrogens with zero attached hydrogens (tertiary/aromatic N) is 2. The fourth-order valence-electron chi connectivity index (χ4n) is 4.18. The number of likely N-dealkylation sites (tertiary alicyclic amines) is 1. The summed E-state index contributed by atoms with van der Waals surface area (Å²) in [6.45, 7) is 12.4. The summed E-state index contributed by atoms with van der Waals surface area (Å²) in [5.74, 6) is 0. The zero-order valence-electron chi connectivity index (χ0n) is 15.2. The third-order valence-electron chi connectivity index (χ3n) is 5.62. The molecule has 3 N–H and O–H groups in total. The lowest BCUT2D eigenvalue weighted by Crippen LogP contribution is -2.46. The molecule has 0 amide bonds. The van der Waals surface area contributed by atoms with Gasteiger partial charge in [0.15, 0.2) is 5.69 Å². The van der Waals surface area contributed by atoms with E-state index in [2.05, 4.69) is 22.0 Å². The largest absolute Gasteiger partial charge is 0.397 e. The van der Waals surface area contributed by atoms with Crippen LogP contribution in [0.1, 0.15) is 45.4 Å². The van der Waals surface area contributed by atoms with Crippen molar-refractivity contribution in [3.63, 3.8) is 0 Å². The van der Waals surface area contributed by atoms with E-state index in [4.69, 9.17) is 17.0 Å². The number of nitrogens with one attached hydrogen (secondary N) is 1. The predicted octanol–water partition coefficient (Wildman–Crippen LogP) is 4.04. The van der Waals surface area contributed by atoms with Crippen LogP contribution in [-0.2, 0) is 4.74 Å². The average Bonchev–Trinajstić information content (AvgIpc) is 2.65. The third kappa shape index (κ3) is 4.65. The van der Waals surface area contributed by atoms with Gasteiger partial charge < -0.3 is 20.7 Å². The Hall–Kier alpha value is -1.77. The molecule has 2 fully saturated rings. The molecule has 5 heteroatoms. The van der Waals surface area contributed by atoms with Gasteiger partial charge in [-0.1, -0.05) is 6.07 Å². The highest BCUT2D eigenvalue weighted by atomic mass is 16.5. The van der Waals surface area contributed by atoms with E-state index in [1.807, 2.05) is 12.1 Å². The molecule has 0 bridgehead atoms. The van der Waals surface area contributed by atoms with Gasteiger partial charge in [0.2, 0.25) is 0 Å². The molecule has 1 aliphatic carbocycles. The first-order valence-electron chi connectivity index (χ1n) is 9.58. The zero-order valence-corrected chi connectivity index (χ0v) is 15.2. The van der Waals surface area contributed by atoms with E-state index in [1.54, 1.807) is 6.07 Å². The van der Waals surface area contributed by atoms with Crippen molar-refractivity contribution >= 4 is 17.1 Å². The van der Waals surface area contributed by atoms with E-state index in [0.29, 0.717) is 17.8 Å². The second kappa shape index (κ2) is 8.55. The molecule has 1 aromatic carbocycles. The minimum absolute atomic E-state index is 0.444. The van der Waals surface area contributed by atoms with Crippen LogP contribution in [0, 0.1) is 6.57 Å². The SMILES string of the molecule is [C-]#[N+]c1ccc(N)c(NC2CCN([C@H]3CC[C@H](OCC)CC3)CC2)c1. The van der Waals surface area contributed by atoms with E-state index < -0.39 is 0 Å². The summed E-state index contributed by atoms with van der Waals surface area (Å²) in [4.78, 5) is 6.16.